The lowest BCUT2D eigenvalue weighted by atomic mass is 9.96. The molecule has 2 saturated heterocycles. The molecular weight excluding hydrogens is 548 g/mol. The van der Waals surface area contributed by atoms with Crippen molar-refractivity contribution in [2.45, 2.75) is 43.9 Å². The molecule has 0 bridgehead atoms. The number of carbonyl (C=O) groups excluding carboxylic acids is 1. The zero-order valence-corrected chi connectivity index (χ0v) is 22.2. The van der Waals surface area contributed by atoms with E-state index >= 15 is 0 Å². The smallest absolute Gasteiger partial charge is 0.481 e. The number of ether oxygens (including phenoxy) is 2. The van der Waals surface area contributed by atoms with E-state index in [-0.39, 0.29) is 17.5 Å². The van der Waals surface area contributed by atoms with E-state index in [0.29, 0.717) is 49.6 Å². The quantitative estimate of drug-likeness (QED) is 0.344. The molecule has 1 atom stereocenters. The van der Waals surface area contributed by atoms with Crippen LogP contribution in [0.15, 0.2) is 48.8 Å². The third kappa shape index (κ3) is 6.50. The van der Waals surface area contributed by atoms with Crippen molar-refractivity contribution in [1.82, 2.24) is 14.8 Å². The molecule has 5 rings (SSSR count). The van der Waals surface area contributed by atoms with E-state index in [1.807, 2.05) is 11.0 Å². The maximum absolute atomic E-state index is 13.2. The van der Waals surface area contributed by atoms with E-state index < -0.39 is 23.4 Å². The van der Waals surface area contributed by atoms with Crippen LogP contribution in [-0.2, 0) is 9.53 Å². The van der Waals surface area contributed by atoms with Crippen molar-refractivity contribution in [1.29, 1.82) is 0 Å². The Kier molecular flexibility index (Phi) is 8.17. The predicted octanol–water partition coefficient (Wildman–Crippen LogP) is 5.37. The van der Waals surface area contributed by atoms with Gasteiger partial charge in [-0.25, -0.2) is 9.67 Å². The Bertz CT molecular complexity index is 1350. The van der Waals surface area contributed by atoms with E-state index in [2.05, 4.69) is 20.1 Å². The van der Waals surface area contributed by atoms with Crippen molar-refractivity contribution in [2.24, 2.45) is 5.92 Å². The number of hydrogen-bond donors (Lipinski definition) is 2. The number of aliphatic carboxylic acids is 1. The first-order valence-electron chi connectivity index (χ1n) is 13.0. The summed E-state index contributed by atoms with van der Waals surface area (Å²) in [6.07, 6.45) is 6.65. The standard InChI is InChI=1S/C27H28ClF2N5O5/c28-27(29,30)40-20-6-4-19(5-7-20)33-25(36)18-15-21(22-8-11-32-35(22)23-3-1-2-14-39-23)24(31-16-18)34-12-9-17(10-13-34)26(37)38/h4-8,11,15-17,23H,1-3,9-10,12-14H2,(H,33,36)(H,37,38). The van der Waals surface area contributed by atoms with Gasteiger partial charge in [-0.05, 0) is 68.5 Å². The van der Waals surface area contributed by atoms with Crippen LogP contribution in [0, 0.1) is 5.92 Å². The maximum atomic E-state index is 13.2. The van der Waals surface area contributed by atoms with Crippen LogP contribution in [0.2, 0.25) is 0 Å². The SMILES string of the molecule is O=C(Nc1ccc(OC(F)(F)Cl)cc1)c1cnc(N2CCC(C(=O)O)CC2)c(-c2ccnn2C2CCCCO2)c1. The number of benzene rings is 1. The van der Waals surface area contributed by atoms with E-state index in [9.17, 15) is 23.5 Å². The van der Waals surface area contributed by atoms with Crippen molar-refractivity contribution in [3.05, 3.63) is 54.4 Å². The van der Waals surface area contributed by atoms with Crippen LogP contribution in [0.5, 0.6) is 5.75 Å². The molecule has 2 aliphatic heterocycles. The largest absolute Gasteiger partial charge is 0.487 e. The number of carboxylic acid groups (broad SMARTS) is 1. The van der Waals surface area contributed by atoms with Crippen LogP contribution in [0.1, 0.15) is 48.7 Å². The molecule has 0 spiro atoms. The molecule has 1 unspecified atom stereocenters. The summed E-state index contributed by atoms with van der Waals surface area (Å²) in [5, 5.41) is 16.7. The Morgan fingerprint density at radius 1 is 1.12 bits per heavy atom. The maximum Gasteiger partial charge on any atom is 0.487 e. The Morgan fingerprint density at radius 2 is 1.88 bits per heavy atom. The van der Waals surface area contributed by atoms with Gasteiger partial charge in [0.15, 0.2) is 6.23 Å². The van der Waals surface area contributed by atoms with Gasteiger partial charge in [0.05, 0.1) is 17.2 Å². The summed E-state index contributed by atoms with van der Waals surface area (Å²) in [5.74, 6) is -1.19. The lowest BCUT2D eigenvalue weighted by Crippen LogP contribution is -2.37. The van der Waals surface area contributed by atoms with Crippen LogP contribution in [-0.4, -0.2) is 57.0 Å². The third-order valence-electron chi connectivity index (χ3n) is 6.99. The highest BCUT2D eigenvalue weighted by atomic mass is 35.5. The van der Waals surface area contributed by atoms with Crippen molar-refractivity contribution in [2.75, 3.05) is 29.9 Å². The fourth-order valence-electron chi connectivity index (χ4n) is 4.98. The topological polar surface area (TPSA) is 119 Å². The van der Waals surface area contributed by atoms with Gasteiger partial charge in [0.1, 0.15) is 11.6 Å². The zero-order valence-electron chi connectivity index (χ0n) is 21.4. The van der Waals surface area contributed by atoms with E-state index in [1.165, 1.54) is 30.5 Å². The van der Waals surface area contributed by atoms with Crippen LogP contribution in [0.25, 0.3) is 11.3 Å². The minimum absolute atomic E-state index is 0.156. The highest BCUT2D eigenvalue weighted by molar-refractivity contribution is 6.20. The Hall–Kier alpha value is -3.77. The van der Waals surface area contributed by atoms with Gasteiger partial charge in [0.25, 0.3) is 5.91 Å². The molecule has 4 heterocycles. The van der Waals surface area contributed by atoms with Crippen molar-refractivity contribution >= 4 is 35.0 Å². The summed E-state index contributed by atoms with van der Waals surface area (Å²) in [6, 6.07) is 8.93. The number of piperidine rings is 1. The minimum Gasteiger partial charge on any atom is -0.481 e. The monoisotopic (exact) mass is 575 g/mol. The Morgan fingerprint density at radius 3 is 2.52 bits per heavy atom. The molecule has 2 N–H and O–H groups in total. The number of alkyl halides is 3. The number of rotatable bonds is 8. The number of pyridine rings is 1. The highest BCUT2D eigenvalue weighted by Gasteiger charge is 2.29. The molecule has 13 heteroatoms. The summed E-state index contributed by atoms with van der Waals surface area (Å²) in [5.41, 5.74) is -1.82. The van der Waals surface area contributed by atoms with Gasteiger partial charge in [0, 0.05) is 54.9 Å². The molecule has 0 aliphatic carbocycles. The van der Waals surface area contributed by atoms with Crippen molar-refractivity contribution in [3.8, 4) is 17.0 Å². The number of carboxylic acids is 1. The lowest BCUT2D eigenvalue weighted by Gasteiger charge is -2.33. The summed E-state index contributed by atoms with van der Waals surface area (Å²) in [7, 11) is 0. The average molecular weight is 576 g/mol. The first kappa shape index (κ1) is 27.8. The van der Waals surface area contributed by atoms with Gasteiger partial charge in [-0.1, -0.05) is 0 Å². The third-order valence-corrected chi connectivity index (χ3v) is 7.07. The number of aromatic nitrogens is 3. The van der Waals surface area contributed by atoms with E-state index in [0.717, 1.165) is 25.0 Å². The number of carbonyl (C=O) groups is 2. The Labute approximate surface area is 233 Å². The van der Waals surface area contributed by atoms with Gasteiger partial charge < -0.3 is 24.8 Å². The first-order valence-corrected chi connectivity index (χ1v) is 13.4. The van der Waals surface area contributed by atoms with E-state index in [1.54, 1.807) is 16.9 Å². The molecule has 0 saturated carbocycles. The summed E-state index contributed by atoms with van der Waals surface area (Å²) in [6.45, 7) is 1.64. The van der Waals surface area contributed by atoms with Crippen LogP contribution >= 0.6 is 11.6 Å². The normalized spacial score (nSPS) is 18.4. The molecule has 0 radical (unpaired) electrons. The second kappa shape index (κ2) is 11.8. The van der Waals surface area contributed by atoms with Crippen molar-refractivity contribution < 1.29 is 33.0 Å². The van der Waals surface area contributed by atoms with Crippen LogP contribution in [0.3, 0.4) is 0 Å². The summed E-state index contributed by atoms with van der Waals surface area (Å²) in [4.78, 5) is 31.3. The summed E-state index contributed by atoms with van der Waals surface area (Å²) < 4.78 is 37.8. The molecule has 10 nitrogen and oxygen atoms in total. The van der Waals surface area contributed by atoms with E-state index in [4.69, 9.17) is 16.3 Å². The molecule has 1 amide bonds. The minimum atomic E-state index is -3.84. The van der Waals surface area contributed by atoms with Gasteiger partial charge in [-0.3, -0.25) is 9.59 Å². The fraction of sp³-hybridized carbons (Fsp3) is 0.407. The number of nitrogens with one attached hydrogen (secondary N) is 1. The first-order chi connectivity index (χ1) is 19.2. The van der Waals surface area contributed by atoms with Crippen LogP contribution < -0.4 is 15.0 Å². The van der Waals surface area contributed by atoms with Gasteiger partial charge in [-0.15, -0.1) is 8.78 Å². The highest BCUT2D eigenvalue weighted by Crippen LogP contribution is 2.35. The lowest BCUT2D eigenvalue weighted by molar-refractivity contribution is -0.142. The second-order valence-electron chi connectivity index (χ2n) is 9.70. The molecule has 40 heavy (non-hydrogen) atoms. The molecular formula is C27H28ClF2N5O5. The molecule has 3 aromatic rings. The molecule has 1 aromatic carbocycles. The van der Waals surface area contributed by atoms with Gasteiger partial charge in [-0.2, -0.15) is 5.10 Å². The fourth-order valence-corrected chi connectivity index (χ4v) is 5.07. The van der Waals surface area contributed by atoms with Crippen molar-refractivity contribution in [3.63, 3.8) is 0 Å². The van der Waals surface area contributed by atoms with Crippen LogP contribution in [0.4, 0.5) is 20.3 Å². The second-order valence-corrected chi connectivity index (χ2v) is 10.1. The molecule has 212 valence electrons. The molecule has 2 fully saturated rings. The van der Waals surface area contributed by atoms with Gasteiger partial charge >= 0.3 is 11.5 Å². The zero-order chi connectivity index (χ0) is 28.3. The predicted molar refractivity (Wildman–Crippen MR) is 143 cm³/mol. The number of anilines is 2. The number of hydrogen-bond acceptors (Lipinski definition) is 7. The number of halogens is 3. The number of nitrogens with zero attached hydrogens (tertiary/aromatic N) is 4. The number of amides is 1. The Balaban J connectivity index is 1.43. The molecule has 2 aliphatic rings. The average Bonchev–Trinajstić information content (AvgIpc) is 3.43. The van der Waals surface area contributed by atoms with Gasteiger partial charge in [0.2, 0.25) is 0 Å². The molecule has 2 aromatic heterocycles. The summed E-state index contributed by atoms with van der Waals surface area (Å²) >= 11 is 4.80.